The number of benzene rings is 2. The average Bonchev–Trinajstić information content (AvgIpc) is 2.84. The summed E-state index contributed by atoms with van der Waals surface area (Å²) in [4.78, 5) is 7.14. The van der Waals surface area contributed by atoms with Crippen molar-refractivity contribution < 1.29 is 8.78 Å². The molecule has 0 radical (unpaired) electrons. The van der Waals surface area contributed by atoms with E-state index in [1.807, 2.05) is 24.3 Å². The number of hydrogen-bond donors (Lipinski definition) is 2. The van der Waals surface area contributed by atoms with Gasteiger partial charge in [0.1, 0.15) is 17.2 Å². The van der Waals surface area contributed by atoms with E-state index in [4.69, 9.17) is 5.73 Å². The zero-order valence-electron chi connectivity index (χ0n) is 11.4. The number of nitrogens with two attached hydrogens (primary N) is 1. The molecule has 0 aliphatic rings. The summed E-state index contributed by atoms with van der Waals surface area (Å²) in [5, 5.41) is 0. The number of nitrogens with one attached hydrogen (secondary N) is 1. The molecule has 0 fully saturated rings. The Labute approximate surface area is 120 Å². The van der Waals surface area contributed by atoms with Crippen LogP contribution in [0.4, 0.5) is 8.78 Å². The Morgan fingerprint density at radius 2 is 1.76 bits per heavy atom. The quantitative estimate of drug-likeness (QED) is 0.775. The molecular weight excluding hydrogens is 272 g/mol. The van der Waals surface area contributed by atoms with Crippen LogP contribution in [-0.4, -0.2) is 16.5 Å². The molecule has 3 rings (SSSR count). The Morgan fingerprint density at radius 1 is 1.05 bits per heavy atom. The van der Waals surface area contributed by atoms with Gasteiger partial charge in [0.05, 0.1) is 5.52 Å². The maximum Gasteiger partial charge on any atom is 0.153 e. The van der Waals surface area contributed by atoms with Gasteiger partial charge in [0.25, 0.3) is 0 Å². The van der Waals surface area contributed by atoms with Crippen molar-refractivity contribution in [2.24, 2.45) is 5.73 Å². The van der Waals surface area contributed by atoms with Crippen molar-refractivity contribution in [1.82, 2.24) is 9.97 Å². The summed E-state index contributed by atoms with van der Waals surface area (Å²) in [5.74, 6) is -0.645. The predicted octanol–water partition coefficient (Wildman–Crippen LogP) is 2.93. The Bertz CT molecular complexity index is 763. The molecule has 1 heterocycles. The van der Waals surface area contributed by atoms with Crippen LogP contribution < -0.4 is 5.73 Å². The topological polar surface area (TPSA) is 54.7 Å². The molecule has 1 aromatic heterocycles. The highest BCUT2D eigenvalue weighted by atomic mass is 19.1. The SMILES string of the molecule is NCCc1ccc(Cc2nc3c(F)cc(F)cc3[nH]2)cc1. The number of rotatable bonds is 4. The van der Waals surface area contributed by atoms with Crippen molar-refractivity contribution in [2.45, 2.75) is 12.8 Å². The van der Waals surface area contributed by atoms with E-state index in [1.165, 1.54) is 11.6 Å². The van der Waals surface area contributed by atoms with E-state index in [2.05, 4.69) is 9.97 Å². The number of aromatic amines is 1. The average molecular weight is 287 g/mol. The van der Waals surface area contributed by atoms with Crippen LogP contribution in [0.3, 0.4) is 0 Å². The molecule has 3 aromatic rings. The Hall–Kier alpha value is -2.27. The van der Waals surface area contributed by atoms with Gasteiger partial charge in [-0.05, 0) is 30.2 Å². The second-order valence-electron chi connectivity index (χ2n) is 5.00. The number of hydrogen-bond acceptors (Lipinski definition) is 2. The minimum absolute atomic E-state index is 0.172. The molecule has 0 saturated carbocycles. The van der Waals surface area contributed by atoms with Crippen molar-refractivity contribution >= 4 is 11.0 Å². The largest absolute Gasteiger partial charge is 0.342 e. The fraction of sp³-hybridized carbons (Fsp3) is 0.188. The smallest absolute Gasteiger partial charge is 0.153 e. The molecule has 0 aliphatic carbocycles. The summed E-state index contributed by atoms with van der Waals surface area (Å²) in [5.41, 5.74) is 8.29. The van der Waals surface area contributed by atoms with Crippen LogP contribution in [0, 0.1) is 11.6 Å². The lowest BCUT2D eigenvalue weighted by Gasteiger charge is -2.01. The highest BCUT2D eigenvalue weighted by Crippen LogP contribution is 2.19. The highest BCUT2D eigenvalue weighted by molar-refractivity contribution is 5.75. The number of H-pyrrole nitrogens is 1. The zero-order chi connectivity index (χ0) is 14.8. The van der Waals surface area contributed by atoms with Crippen LogP contribution in [0.5, 0.6) is 0 Å². The highest BCUT2D eigenvalue weighted by Gasteiger charge is 2.10. The first-order valence-corrected chi connectivity index (χ1v) is 6.77. The van der Waals surface area contributed by atoms with Crippen molar-refractivity contribution in [1.29, 1.82) is 0 Å². The summed E-state index contributed by atoms with van der Waals surface area (Å²) >= 11 is 0. The second-order valence-corrected chi connectivity index (χ2v) is 5.00. The molecule has 2 aromatic carbocycles. The molecule has 0 amide bonds. The van der Waals surface area contributed by atoms with Crippen LogP contribution in [0.25, 0.3) is 11.0 Å². The number of nitrogens with zero attached hydrogens (tertiary/aromatic N) is 1. The fourth-order valence-corrected chi connectivity index (χ4v) is 2.36. The third-order valence-corrected chi connectivity index (χ3v) is 3.38. The molecule has 5 heteroatoms. The van der Waals surface area contributed by atoms with Crippen LogP contribution in [-0.2, 0) is 12.8 Å². The summed E-state index contributed by atoms with van der Waals surface area (Å²) in [6.07, 6.45) is 1.38. The molecule has 3 nitrogen and oxygen atoms in total. The summed E-state index contributed by atoms with van der Waals surface area (Å²) < 4.78 is 26.8. The van der Waals surface area contributed by atoms with Gasteiger partial charge in [0.15, 0.2) is 5.82 Å². The Kier molecular flexibility index (Phi) is 3.66. The van der Waals surface area contributed by atoms with Crippen molar-refractivity contribution in [3.8, 4) is 0 Å². The molecule has 0 spiro atoms. The summed E-state index contributed by atoms with van der Waals surface area (Å²) in [6.45, 7) is 0.619. The second kappa shape index (κ2) is 5.61. The third-order valence-electron chi connectivity index (χ3n) is 3.38. The van der Waals surface area contributed by atoms with Crippen LogP contribution in [0.1, 0.15) is 17.0 Å². The third kappa shape index (κ3) is 2.92. The first kappa shape index (κ1) is 13.7. The van der Waals surface area contributed by atoms with Crippen molar-refractivity contribution in [3.63, 3.8) is 0 Å². The lowest BCUT2D eigenvalue weighted by molar-refractivity contribution is 0.590. The Balaban J connectivity index is 1.86. The lowest BCUT2D eigenvalue weighted by Crippen LogP contribution is -2.02. The lowest BCUT2D eigenvalue weighted by atomic mass is 10.1. The van der Waals surface area contributed by atoms with E-state index in [9.17, 15) is 8.78 Å². The normalized spacial score (nSPS) is 11.2. The van der Waals surface area contributed by atoms with Gasteiger partial charge in [-0.25, -0.2) is 13.8 Å². The van der Waals surface area contributed by atoms with E-state index < -0.39 is 11.6 Å². The van der Waals surface area contributed by atoms with Gasteiger partial charge in [-0.15, -0.1) is 0 Å². The number of imidazole rings is 1. The molecule has 0 unspecified atom stereocenters. The minimum atomic E-state index is -0.647. The molecule has 108 valence electrons. The first-order chi connectivity index (χ1) is 10.2. The fourth-order valence-electron chi connectivity index (χ4n) is 2.36. The predicted molar refractivity (Wildman–Crippen MR) is 78.0 cm³/mol. The van der Waals surface area contributed by atoms with E-state index in [1.54, 1.807) is 0 Å². The number of halogens is 2. The van der Waals surface area contributed by atoms with Gasteiger partial charge in [-0.3, -0.25) is 0 Å². The minimum Gasteiger partial charge on any atom is -0.342 e. The molecule has 21 heavy (non-hydrogen) atoms. The monoisotopic (exact) mass is 287 g/mol. The van der Waals surface area contributed by atoms with Crippen LogP contribution in [0.15, 0.2) is 36.4 Å². The maximum absolute atomic E-state index is 13.6. The van der Waals surface area contributed by atoms with E-state index >= 15 is 0 Å². The molecule has 0 aliphatic heterocycles. The number of fused-ring (bicyclic) bond motifs is 1. The zero-order valence-corrected chi connectivity index (χ0v) is 11.4. The molecule has 0 saturated heterocycles. The molecular formula is C16H15F2N3. The van der Waals surface area contributed by atoms with Gasteiger partial charge in [-0.1, -0.05) is 24.3 Å². The van der Waals surface area contributed by atoms with Gasteiger partial charge in [0, 0.05) is 12.5 Å². The first-order valence-electron chi connectivity index (χ1n) is 6.77. The molecule has 0 bridgehead atoms. The van der Waals surface area contributed by atoms with E-state index in [0.717, 1.165) is 18.1 Å². The van der Waals surface area contributed by atoms with Gasteiger partial charge in [0.2, 0.25) is 0 Å². The summed E-state index contributed by atoms with van der Waals surface area (Å²) in [7, 11) is 0. The van der Waals surface area contributed by atoms with Gasteiger partial charge >= 0.3 is 0 Å². The molecule has 3 N–H and O–H groups in total. The van der Waals surface area contributed by atoms with Crippen LogP contribution in [0.2, 0.25) is 0 Å². The Morgan fingerprint density at radius 3 is 2.48 bits per heavy atom. The maximum atomic E-state index is 13.6. The van der Waals surface area contributed by atoms with Crippen LogP contribution >= 0.6 is 0 Å². The molecule has 0 atom stereocenters. The van der Waals surface area contributed by atoms with Gasteiger partial charge < -0.3 is 10.7 Å². The summed E-state index contributed by atoms with van der Waals surface area (Å²) in [6, 6.07) is 10.1. The standard InChI is InChI=1S/C16H15F2N3/c17-12-8-13(18)16-14(9-12)20-15(21-16)7-11-3-1-10(2-4-11)5-6-19/h1-4,8-9H,5-7,19H2,(H,20,21). The van der Waals surface area contributed by atoms with Crippen molar-refractivity contribution in [3.05, 3.63) is 65.0 Å². The van der Waals surface area contributed by atoms with Crippen molar-refractivity contribution in [2.75, 3.05) is 6.54 Å². The van der Waals surface area contributed by atoms with Gasteiger partial charge in [-0.2, -0.15) is 0 Å². The number of aromatic nitrogens is 2. The van der Waals surface area contributed by atoms with E-state index in [-0.39, 0.29) is 5.52 Å². The van der Waals surface area contributed by atoms with E-state index in [0.29, 0.717) is 24.3 Å².